The number of hydrogen-bond donors (Lipinski definition) is 1. The molecule has 6 nitrogen and oxygen atoms in total. The van der Waals surface area contributed by atoms with Gasteiger partial charge in [-0.1, -0.05) is 0 Å². The summed E-state index contributed by atoms with van der Waals surface area (Å²) in [6, 6.07) is 6.51. The quantitative estimate of drug-likeness (QED) is 0.470. The topological polar surface area (TPSA) is 73.6 Å². The van der Waals surface area contributed by atoms with Crippen LogP contribution in [-0.2, 0) is 4.74 Å². The maximum atomic E-state index is 10.5. The minimum Gasteiger partial charge on any atom is -0.492 e. The summed E-state index contributed by atoms with van der Waals surface area (Å²) in [7, 11) is 0. The molecule has 0 radical (unpaired) electrons. The van der Waals surface area contributed by atoms with Gasteiger partial charge in [0, 0.05) is 31.3 Å². The van der Waals surface area contributed by atoms with Gasteiger partial charge in [-0.2, -0.15) is 0 Å². The Balaban J connectivity index is 1.68. The Morgan fingerprint density at radius 1 is 1.44 bits per heavy atom. The number of non-ortho nitro benzene ring substituents is 1. The monoisotopic (exact) mass is 252 g/mol. The summed E-state index contributed by atoms with van der Waals surface area (Å²) in [5.41, 5.74) is 0.0728. The van der Waals surface area contributed by atoms with Crippen LogP contribution in [0.4, 0.5) is 5.69 Å². The molecule has 1 heterocycles. The van der Waals surface area contributed by atoms with Crippen LogP contribution in [-0.4, -0.2) is 37.3 Å². The first-order chi connectivity index (χ1) is 8.75. The lowest BCUT2D eigenvalue weighted by Gasteiger charge is -2.11. The smallest absolute Gasteiger partial charge is 0.269 e. The predicted octanol–water partition coefficient (Wildman–Crippen LogP) is 1.35. The fraction of sp³-hybridized carbons (Fsp3) is 0.500. The zero-order chi connectivity index (χ0) is 12.8. The molecule has 1 saturated heterocycles. The lowest BCUT2D eigenvalue weighted by Crippen LogP contribution is -2.32. The second kappa shape index (κ2) is 6.32. The number of ether oxygens (including phenoxy) is 2. The van der Waals surface area contributed by atoms with Crippen LogP contribution in [0.5, 0.6) is 5.75 Å². The van der Waals surface area contributed by atoms with E-state index in [1.165, 1.54) is 12.1 Å². The van der Waals surface area contributed by atoms with Gasteiger partial charge in [-0.05, 0) is 18.6 Å². The third-order valence-electron chi connectivity index (χ3n) is 2.78. The molecule has 1 aromatic carbocycles. The molecule has 1 N–H and O–H groups in total. The summed E-state index contributed by atoms with van der Waals surface area (Å²) >= 11 is 0. The number of nitro groups is 1. The largest absolute Gasteiger partial charge is 0.492 e. The van der Waals surface area contributed by atoms with E-state index >= 15 is 0 Å². The van der Waals surface area contributed by atoms with E-state index in [-0.39, 0.29) is 5.69 Å². The van der Waals surface area contributed by atoms with Crippen LogP contribution in [0.1, 0.15) is 6.42 Å². The molecule has 0 bridgehead atoms. The number of benzene rings is 1. The van der Waals surface area contributed by atoms with Gasteiger partial charge in [0.15, 0.2) is 0 Å². The van der Waals surface area contributed by atoms with Gasteiger partial charge in [-0.15, -0.1) is 0 Å². The summed E-state index contributed by atoms with van der Waals surface area (Å²) in [5.74, 6) is 0.644. The Bertz CT molecular complexity index is 388. The van der Waals surface area contributed by atoms with Gasteiger partial charge in [0.1, 0.15) is 12.4 Å². The highest BCUT2D eigenvalue weighted by Gasteiger charge is 2.13. The van der Waals surface area contributed by atoms with Crippen molar-refractivity contribution in [1.29, 1.82) is 0 Å². The number of nitrogens with zero attached hydrogens (tertiary/aromatic N) is 1. The van der Waals surface area contributed by atoms with Crippen molar-refractivity contribution in [3.05, 3.63) is 34.4 Å². The minimum absolute atomic E-state index is 0.0728. The predicted molar refractivity (Wildman–Crippen MR) is 65.8 cm³/mol. The van der Waals surface area contributed by atoms with E-state index in [0.717, 1.165) is 26.2 Å². The van der Waals surface area contributed by atoms with E-state index in [9.17, 15) is 10.1 Å². The first-order valence-corrected chi connectivity index (χ1v) is 5.94. The van der Waals surface area contributed by atoms with Crippen molar-refractivity contribution in [2.45, 2.75) is 12.5 Å². The fourth-order valence-electron chi connectivity index (χ4n) is 1.79. The van der Waals surface area contributed by atoms with Gasteiger partial charge in [-0.25, -0.2) is 0 Å². The van der Waals surface area contributed by atoms with E-state index in [1.807, 2.05) is 0 Å². The third-order valence-corrected chi connectivity index (χ3v) is 2.78. The Hall–Kier alpha value is -1.66. The van der Waals surface area contributed by atoms with Crippen molar-refractivity contribution in [3.8, 4) is 5.75 Å². The Morgan fingerprint density at radius 3 is 2.83 bits per heavy atom. The average molecular weight is 252 g/mol. The molecule has 1 aliphatic rings. The minimum atomic E-state index is -0.425. The summed E-state index contributed by atoms with van der Waals surface area (Å²) < 4.78 is 10.7. The van der Waals surface area contributed by atoms with Gasteiger partial charge in [0.2, 0.25) is 0 Å². The number of nitro benzene ring substituents is 1. The Kier molecular flexibility index (Phi) is 4.49. The molecule has 1 aromatic rings. The Morgan fingerprint density at radius 2 is 2.22 bits per heavy atom. The van der Waals surface area contributed by atoms with Crippen LogP contribution in [0.3, 0.4) is 0 Å². The van der Waals surface area contributed by atoms with Gasteiger partial charge >= 0.3 is 0 Å². The van der Waals surface area contributed by atoms with E-state index in [2.05, 4.69) is 5.32 Å². The van der Waals surface area contributed by atoms with Crippen LogP contribution in [0, 0.1) is 10.1 Å². The van der Waals surface area contributed by atoms with Crippen molar-refractivity contribution in [2.75, 3.05) is 26.4 Å². The molecular formula is C12H16N2O4. The zero-order valence-electron chi connectivity index (χ0n) is 10.0. The number of hydrogen-bond acceptors (Lipinski definition) is 5. The van der Waals surface area contributed by atoms with E-state index in [4.69, 9.17) is 9.47 Å². The van der Waals surface area contributed by atoms with Crippen molar-refractivity contribution in [3.63, 3.8) is 0 Å². The van der Waals surface area contributed by atoms with Crippen LogP contribution >= 0.6 is 0 Å². The van der Waals surface area contributed by atoms with Gasteiger partial charge in [0.25, 0.3) is 5.69 Å². The summed E-state index contributed by atoms with van der Waals surface area (Å²) in [5, 5.41) is 13.8. The number of rotatable bonds is 6. The first kappa shape index (κ1) is 12.8. The molecule has 6 heteroatoms. The van der Waals surface area contributed by atoms with Crippen molar-refractivity contribution in [2.24, 2.45) is 0 Å². The zero-order valence-corrected chi connectivity index (χ0v) is 10.0. The second-order valence-electron chi connectivity index (χ2n) is 4.11. The van der Waals surface area contributed by atoms with Crippen LogP contribution in [0.2, 0.25) is 0 Å². The first-order valence-electron chi connectivity index (χ1n) is 5.94. The molecule has 0 saturated carbocycles. The fourth-order valence-corrected chi connectivity index (χ4v) is 1.79. The molecule has 1 atom stereocenters. The maximum Gasteiger partial charge on any atom is 0.269 e. The molecule has 1 aliphatic heterocycles. The van der Waals surface area contributed by atoms with E-state index in [0.29, 0.717) is 18.4 Å². The van der Waals surface area contributed by atoms with Crippen molar-refractivity contribution < 1.29 is 14.4 Å². The molecule has 1 fully saturated rings. The molecule has 98 valence electrons. The van der Waals surface area contributed by atoms with E-state index in [1.54, 1.807) is 12.1 Å². The lowest BCUT2D eigenvalue weighted by molar-refractivity contribution is -0.384. The van der Waals surface area contributed by atoms with E-state index < -0.39 is 4.92 Å². The molecule has 0 spiro atoms. The summed E-state index contributed by atoms with van der Waals surface area (Å²) in [4.78, 5) is 10.0. The molecule has 0 aliphatic carbocycles. The third kappa shape index (κ3) is 3.68. The molecule has 0 aromatic heterocycles. The van der Waals surface area contributed by atoms with Crippen molar-refractivity contribution >= 4 is 5.69 Å². The lowest BCUT2D eigenvalue weighted by atomic mass is 10.3. The van der Waals surface area contributed by atoms with Crippen LogP contribution in [0.25, 0.3) is 0 Å². The van der Waals surface area contributed by atoms with Crippen LogP contribution in [0.15, 0.2) is 24.3 Å². The number of nitrogens with one attached hydrogen (secondary N) is 1. The van der Waals surface area contributed by atoms with Gasteiger partial charge in [0.05, 0.1) is 11.5 Å². The molecule has 18 heavy (non-hydrogen) atoms. The highest BCUT2D eigenvalue weighted by atomic mass is 16.6. The second-order valence-corrected chi connectivity index (χ2v) is 4.11. The SMILES string of the molecule is O=[N+]([O-])c1ccc(OCCNC2CCOC2)cc1. The summed E-state index contributed by atoms with van der Waals surface area (Å²) in [6.07, 6.45) is 1.04. The molecule has 1 unspecified atom stereocenters. The highest BCUT2D eigenvalue weighted by Crippen LogP contribution is 2.16. The maximum absolute atomic E-state index is 10.5. The van der Waals surface area contributed by atoms with Crippen LogP contribution < -0.4 is 10.1 Å². The molecule has 0 amide bonds. The highest BCUT2D eigenvalue weighted by molar-refractivity contribution is 5.35. The standard InChI is InChI=1S/C12H16N2O4/c15-14(16)11-1-3-12(4-2-11)18-8-6-13-10-5-7-17-9-10/h1-4,10,13H,5-9H2. The molecular weight excluding hydrogens is 236 g/mol. The van der Waals surface area contributed by atoms with Gasteiger partial charge < -0.3 is 14.8 Å². The summed E-state index contributed by atoms with van der Waals surface area (Å²) in [6.45, 7) is 2.86. The van der Waals surface area contributed by atoms with Gasteiger partial charge in [-0.3, -0.25) is 10.1 Å². The van der Waals surface area contributed by atoms with Crippen molar-refractivity contribution in [1.82, 2.24) is 5.32 Å². The normalized spacial score (nSPS) is 18.8. The Labute approximate surface area is 105 Å². The average Bonchev–Trinajstić information content (AvgIpc) is 2.88. The molecule has 2 rings (SSSR count).